The molecule has 4 heteroatoms. The summed E-state index contributed by atoms with van der Waals surface area (Å²) in [5, 5.41) is 7.73. The third kappa shape index (κ3) is 2.84. The van der Waals surface area contributed by atoms with E-state index in [4.69, 9.17) is 0 Å². The molecule has 1 amide bonds. The molecule has 1 aromatic rings. The SMILES string of the molecule is CCCC(C)N1C(=O)C(C(C)C)NC1c1ccsc1. The second-order valence-corrected chi connectivity index (χ2v) is 6.51. The Hall–Kier alpha value is -0.870. The van der Waals surface area contributed by atoms with Crippen LogP contribution in [0.1, 0.15) is 52.3 Å². The van der Waals surface area contributed by atoms with E-state index in [-0.39, 0.29) is 18.1 Å². The van der Waals surface area contributed by atoms with Gasteiger partial charge in [0.15, 0.2) is 0 Å². The third-order valence-corrected chi connectivity index (χ3v) is 4.54. The van der Waals surface area contributed by atoms with E-state index >= 15 is 0 Å². The lowest BCUT2D eigenvalue weighted by molar-refractivity contribution is -0.132. The molecule has 1 saturated heterocycles. The maximum atomic E-state index is 12.6. The first-order chi connectivity index (χ1) is 9.06. The van der Waals surface area contributed by atoms with E-state index in [0.717, 1.165) is 12.8 Å². The van der Waals surface area contributed by atoms with Gasteiger partial charge in [0.1, 0.15) is 6.17 Å². The van der Waals surface area contributed by atoms with Gasteiger partial charge in [-0.05, 0) is 41.7 Å². The van der Waals surface area contributed by atoms with Crippen LogP contribution in [0.5, 0.6) is 0 Å². The van der Waals surface area contributed by atoms with Crippen LogP contribution in [0.3, 0.4) is 0 Å². The summed E-state index contributed by atoms with van der Waals surface area (Å²) in [6, 6.07) is 2.35. The molecule has 0 aliphatic carbocycles. The van der Waals surface area contributed by atoms with Crippen molar-refractivity contribution >= 4 is 17.2 Å². The van der Waals surface area contributed by atoms with Gasteiger partial charge >= 0.3 is 0 Å². The van der Waals surface area contributed by atoms with E-state index < -0.39 is 0 Å². The van der Waals surface area contributed by atoms with Gasteiger partial charge in [-0.15, -0.1) is 0 Å². The average molecular weight is 280 g/mol. The molecule has 1 aliphatic rings. The van der Waals surface area contributed by atoms with Crippen molar-refractivity contribution in [3.63, 3.8) is 0 Å². The number of nitrogens with zero attached hydrogens (tertiary/aromatic N) is 1. The summed E-state index contributed by atoms with van der Waals surface area (Å²) in [6.45, 7) is 8.54. The van der Waals surface area contributed by atoms with Gasteiger partial charge in [-0.25, -0.2) is 0 Å². The van der Waals surface area contributed by atoms with Crippen LogP contribution in [0.2, 0.25) is 0 Å². The Labute approximate surface area is 120 Å². The summed E-state index contributed by atoms with van der Waals surface area (Å²) in [6.07, 6.45) is 2.21. The molecule has 2 heterocycles. The summed E-state index contributed by atoms with van der Waals surface area (Å²) in [5.41, 5.74) is 1.21. The zero-order chi connectivity index (χ0) is 14.0. The minimum Gasteiger partial charge on any atom is -0.319 e. The predicted molar refractivity (Wildman–Crippen MR) is 80.0 cm³/mol. The summed E-state index contributed by atoms with van der Waals surface area (Å²) < 4.78 is 0. The van der Waals surface area contributed by atoms with E-state index in [1.54, 1.807) is 11.3 Å². The third-order valence-electron chi connectivity index (χ3n) is 3.84. The Morgan fingerprint density at radius 3 is 2.68 bits per heavy atom. The fourth-order valence-electron chi connectivity index (χ4n) is 2.80. The molecule has 3 unspecified atom stereocenters. The molecule has 0 bridgehead atoms. The Morgan fingerprint density at radius 2 is 2.16 bits per heavy atom. The first kappa shape index (κ1) is 14.5. The van der Waals surface area contributed by atoms with Crippen LogP contribution < -0.4 is 5.32 Å². The van der Waals surface area contributed by atoms with Gasteiger partial charge < -0.3 is 4.90 Å². The Kier molecular flexibility index (Phi) is 4.63. The molecule has 1 aliphatic heterocycles. The fraction of sp³-hybridized carbons (Fsp3) is 0.667. The van der Waals surface area contributed by atoms with Gasteiger partial charge in [-0.1, -0.05) is 27.2 Å². The summed E-state index contributed by atoms with van der Waals surface area (Å²) >= 11 is 1.69. The minimum atomic E-state index is -0.0517. The maximum absolute atomic E-state index is 12.6. The van der Waals surface area contributed by atoms with Crippen LogP contribution in [0.25, 0.3) is 0 Å². The van der Waals surface area contributed by atoms with Crippen molar-refractivity contribution in [2.24, 2.45) is 5.92 Å². The number of hydrogen-bond donors (Lipinski definition) is 1. The number of hydrogen-bond acceptors (Lipinski definition) is 3. The standard InChI is InChI=1S/C15H24N2OS/c1-5-6-11(4)17-14(12-7-8-19-9-12)16-13(10(2)3)15(17)18/h7-11,13-14,16H,5-6H2,1-4H3. The van der Waals surface area contributed by atoms with Gasteiger partial charge in [0, 0.05) is 6.04 Å². The molecule has 2 rings (SSSR count). The highest BCUT2D eigenvalue weighted by molar-refractivity contribution is 7.07. The smallest absolute Gasteiger partial charge is 0.241 e. The van der Waals surface area contributed by atoms with Gasteiger partial charge in [-0.2, -0.15) is 11.3 Å². The Bertz CT molecular complexity index is 416. The molecule has 0 spiro atoms. The lowest BCUT2D eigenvalue weighted by Crippen LogP contribution is -2.39. The van der Waals surface area contributed by atoms with Crippen LogP contribution in [0.4, 0.5) is 0 Å². The Balaban J connectivity index is 2.26. The molecule has 3 nitrogen and oxygen atoms in total. The number of rotatable bonds is 5. The zero-order valence-corrected chi connectivity index (χ0v) is 13.0. The van der Waals surface area contributed by atoms with Gasteiger partial charge in [0.2, 0.25) is 5.91 Å². The zero-order valence-electron chi connectivity index (χ0n) is 12.2. The quantitative estimate of drug-likeness (QED) is 0.896. The highest BCUT2D eigenvalue weighted by atomic mass is 32.1. The molecule has 0 saturated carbocycles. The first-order valence-corrected chi connectivity index (χ1v) is 8.10. The van der Waals surface area contributed by atoms with Crippen molar-refractivity contribution in [3.8, 4) is 0 Å². The number of carbonyl (C=O) groups is 1. The molecule has 106 valence electrons. The molecule has 1 fully saturated rings. The summed E-state index contributed by atoms with van der Waals surface area (Å²) in [4.78, 5) is 14.7. The topological polar surface area (TPSA) is 32.3 Å². The molecule has 1 N–H and O–H groups in total. The van der Waals surface area contributed by atoms with E-state index in [0.29, 0.717) is 12.0 Å². The summed E-state index contributed by atoms with van der Waals surface area (Å²) in [5.74, 6) is 0.583. The Morgan fingerprint density at radius 1 is 1.42 bits per heavy atom. The summed E-state index contributed by atoms with van der Waals surface area (Å²) in [7, 11) is 0. The number of amides is 1. The van der Waals surface area contributed by atoms with Crippen molar-refractivity contribution in [1.82, 2.24) is 10.2 Å². The van der Waals surface area contributed by atoms with Gasteiger partial charge in [0.25, 0.3) is 0 Å². The fourth-order valence-corrected chi connectivity index (χ4v) is 3.48. The predicted octanol–water partition coefficient (Wildman–Crippen LogP) is 3.39. The molecule has 3 atom stereocenters. The lowest BCUT2D eigenvalue weighted by atomic mass is 10.0. The van der Waals surface area contributed by atoms with Crippen LogP contribution in [0.15, 0.2) is 16.8 Å². The van der Waals surface area contributed by atoms with E-state index in [2.05, 4.69) is 54.7 Å². The van der Waals surface area contributed by atoms with Crippen molar-refractivity contribution in [1.29, 1.82) is 0 Å². The second-order valence-electron chi connectivity index (χ2n) is 5.73. The molecule has 0 radical (unpaired) electrons. The first-order valence-electron chi connectivity index (χ1n) is 7.16. The normalized spacial score (nSPS) is 25.3. The largest absolute Gasteiger partial charge is 0.319 e. The molecular formula is C15H24N2OS. The van der Waals surface area contributed by atoms with E-state index in [9.17, 15) is 4.79 Å². The van der Waals surface area contributed by atoms with E-state index in [1.165, 1.54) is 5.56 Å². The molecule has 0 aromatic carbocycles. The molecule has 19 heavy (non-hydrogen) atoms. The second kappa shape index (κ2) is 6.06. The van der Waals surface area contributed by atoms with Gasteiger partial charge in [0.05, 0.1) is 6.04 Å². The number of nitrogens with one attached hydrogen (secondary N) is 1. The van der Waals surface area contributed by atoms with Crippen molar-refractivity contribution in [2.45, 2.75) is 58.8 Å². The van der Waals surface area contributed by atoms with Crippen LogP contribution >= 0.6 is 11.3 Å². The van der Waals surface area contributed by atoms with E-state index in [1.807, 2.05) is 0 Å². The maximum Gasteiger partial charge on any atom is 0.241 e. The molecule has 1 aromatic heterocycles. The van der Waals surface area contributed by atoms with Crippen molar-refractivity contribution in [2.75, 3.05) is 0 Å². The monoisotopic (exact) mass is 280 g/mol. The highest BCUT2D eigenvalue weighted by Crippen LogP contribution is 2.32. The average Bonchev–Trinajstić information content (AvgIpc) is 2.95. The van der Waals surface area contributed by atoms with Gasteiger partial charge in [-0.3, -0.25) is 10.1 Å². The number of carbonyl (C=O) groups excluding carboxylic acids is 1. The van der Waals surface area contributed by atoms with Crippen LogP contribution in [-0.2, 0) is 4.79 Å². The highest BCUT2D eigenvalue weighted by Gasteiger charge is 2.42. The minimum absolute atomic E-state index is 0.0488. The molecular weight excluding hydrogens is 256 g/mol. The van der Waals surface area contributed by atoms with Crippen LogP contribution in [-0.4, -0.2) is 22.9 Å². The lowest BCUT2D eigenvalue weighted by Gasteiger charge is -2.30. The van der Waals surface area contributed by atoms with Crippen LogP contribution in [0, 0.1) is 5.92 Å². The van der Waals surface area contributed by atoms with Crippen molar-refractivity contribution in [3.05, 3.63) is 22.4 Å². The van der Waals surface area contributed by atoms with Crippen molar-refractivity contribution < 1.29 is 4.79 Å². The number of thiophene rings is 1.